The summed E-state index contributed by atoms with van der Waals surface area (Å²) in [6.07, 6.45) is 0.121. The summed E-state index contributed by atoms with van der Waals surface area (Å²) in [5.41, 5.74) is 1.72. The summed E-state index contributed by atoms with van der Waals surface area (Å²) in [6, 6.07) is 13.6. The largest absolute Gasteiger partial charge is 0.326 e. The summed E-state index contributed by atoms with van der Waals surface area (Å²) < 4.78 is 0. The molecule has 0 atom stereocenters. The Hall–Kier alpha value is -2.66. The van der Waals surface area contributed by atoms with Gasteiger partial charge in [0.25, 0.3) is 0 Å². The van der Waals surface area contributed by atoms with E-state index in [1.807, 2.05) is 0 Å². The lowest BCUT2D eigenvalue weighted by Crippen LogP contribution is -2.32. The molecule has 0 unspecified atom stereocenters. The van der Waals surface area contributed by atoms with E-state index in [4.69, 9.17) is 11.6 Å². The van der Waals surface area contributed by atoms with Crippen molar-refractivity contribution in [3.63, 3.8) is 0 Å². The molecule has 0 saturated heterocycles. The molecule has 0 aliphatic heterocycles. The Bertz CT molecular complexity index is 805. The molecule has 0 radical (unpaired) electrons. The molecule has 2 rings (SSSR count). The minimum atomic E-state index is -0.226. The molecule has 0 fully saturated rings. The number of halogens is 1. The van der Waals surface area contributed by atoms with E-state index in [0.717, 1.165) is 0 Å². The van der Waals surface area contributed by atoms with Gasteiger partial charge in [-0.3, -0.25) is 14.4 Å². The fourth-order valence-electron chi connectivity index (χ4n) is 2.36. The van der Waals surface area contributed by atoms with Crippen molar-refractivity contribution in [3.8, 4) is 0 Å². The number of carbonyl (C=O) groups excluding carboxylic acids is 3. The van der Waals surface area contributed by atoms with Gasteiger partial charge < -0.3 is 10.2 Å². The quantitative estimate of drug-likeness (QED) is 0.796. The molecule has 0 heterocycles. The lowest BCUT2D eigenvalue weighted by molar-refractivity contribution is -0.117. The number of rotatable bonds is 6. The van der Waals surface area contributed by atoms with Gasteiger partial charge in [0, 0.05) is 41.9 Å². The highest BCUT2D eigenvalue weighted by molar-refractivity contribution is 6.30. The minimum Gasteiger partial charge on any atom is -0.326 e. The zero-order valence-electron chi connectivity index (χ0n) is 14.1. The number of nitrogens with one attached hydrogen (secondary N) is 1. The van der Waals surface area contributed by atoms with Crippen molar-refractivity contribution in [2.45, 2.75) is 20.3 Å². The van der Waals surface area contributed by atoms with Crippen LogP contribution in [0.1, 0.15) is 30.6 Å². The monoisotopic (exact) mass is 358 g/mol. The van der Waals surface area contributed by atoms with Gasteiger partial charge in [0.1, 0.15) is 0 Å². The molecule has 2 aromatic rings. The third-order valence-corrected chi connectivity index (χ3v) is 3.85. The second-order valence-corrected chi connectivity index (χ2v) is 6.02. The number of amides is 2. The van der Waals surface area contributed by atoms with Gasteiger partial charge in [-0.05, 0) is 37.3 Å². The van der Waals surface area contributed by atoms with Crippen LogP contribution in [0.2, 0.25) is 5.02 Å². The first-order valence-corrected chi connectivity index (χ1v) is 8.19. The van der Waals surface area contributed by atoms with Crippen molar-refractivity contribution in [1.29, 1.82) is 0 Å². The zero-order chi connectivity index (χ0) is 18.4. The van der Waals surface area contributed by atoms with Crippen LogP contribution in [-0.4, -0.2) is 24.1 Å². The Morgan fingerprint density at radius 2 is 1.76 bits per heavy atom. The number of nitrogens with zero attached hydrogens (tertiary/aromatic N) is 1. The Balaban J connectivity index is 2.04. The van der Waals surface area contributed by atoms with Gasteiger partial charge >= 0.3 is 0 Å². The molecule has 0 aliphatic rings. The molecule has 130 valence electrons. The second kappa shape index (κ2) is 8.44. The lowest BCUT2D eigenvalue weighted by atomic mass is 10.1. The van der Waals surface area contributed by atoms with Crippen LogP contribution in [0.3, 0.4) is 0 Å². The highest BCUT2D eigenvalue weighted by atomic mass is 35.5. The van der Waals surface area contributed by atoms with Gasteiger partial charge in [-0.2, -0.15) is 0 Å². The molecule has 0 aromatic heterocycles. The number of carbonyl (C=O) groups is 3. The predicted octanol–water partition coefficient (Wildman–Crippen LogP) is 3.92. The Morgan fingerprint density at radius 3 is 2.40 bits per heavy atom. The maximum Gasteiger partial charge on any atom is 0.226 e. The lowest BCUT2D eigenvalue weighted by Gasteiger charge is -2.21. The van der Waals surface area contributed by atoms with Gasteiger partial charge in [0.15, 0.2) is 5.78 Å². The first-order valence-electron chi connectivity index (χ1n) is 7.81. The molecule has 0 spiro atoms. The van der Waals surface area contributed by atoms with Gasteiger partial charge in [-0.25, -0.2) is 0 Å². The van der Waals surface area contributed by atoms with Crippen LogP contribution in [0.25, 0.3) is 0 Å². The molecule has 0 aliphatic carbocycles. The highest BCUT2D eigenvalue weighted by Gasteiger charge is 2.14. The van der Waals surface area contributed by atoms with Gasteiger partial charge in [-0.1, -0.05) is 29.8 Å². The number of Topliss-reactive ketones (excluding diaryl/α,β-unsaturated/α-hetero) is 1. The third kappa shape index (κ3) is 5.43. The number of benzene rings is 2. The topological polar surface area (TPSA) is 66.5 Å². The molecule has 1 N–H and O–H groups in total. The predicted molar refractivity (Wildman–Crippen MR) is 99.2 cm³/mol. The fraction of sp³-hybridized carbons (Fsp3) is 0.211. The molecule has 2 amide bonds. The van der Waals surface area contributed by atoms with Crippen LogP contribution < -0.4 is 10.2 Å². The molecule has 0 bridgehead atoms. The minimum absolute atomic E-state index is 0.0796. The van der Waals surface area contributed by atoms with E-state index < -0.39 is 0 Å². The SMILES string of the molecule is CC(=O)c1cccc(N(CCC(=O)Nc2cccc(Cl)c2)C(C)=O)c1. The number of ketones is 1. The Labute approximate surface area is 151 Å². The van der Waals surface area contributed by atoms with E-state index in [2.05, 4.69) is 5.32 Å². The maximum absolute atomic E-state index is 12.1. The molecule has 2 aromatic carbocycles. The van der Waals surface area contributed by atoms with E-state index in [1.165, 1.54) is 18.7 Å². The Kier molecular flexibility index (Phi) is 6.31. The van der Waals surface area contributed by atoms with Crippen LogP contribution in [-0.2, 0) is 9.59 Å². The van der Waals surface area contributed by atoms with Crippen LogP contribution in [0, 0.1) is 0 Å². The summed E-state index contributed by atoms with van der Waals surface area (Å²) in [4.78, 5) is 37.0. The summed E-state index contributed by atoms with van der Waals surface area (Å²) in [6.45, 7) is 3.11. The van der Waals surface area contributed by atoms with Crippen LogP contribution in [0.15, 0.2) is 48.5 Å². The average Bonchev–Trinajstić information content (AvgIpc) is 2.55. The molecule has 6 heteroatoms. The van der Waals surface area contributed by atoms with Crippen molar-refractivity contribution in [2.75, 3.05) is 16.8 Å². The average molecular weight is 359 g/mol. The number of hydrogen-bond donors (Lipinski definition) is 1. The molecule has 25 heavy (non-hydrogen) atoms. The van der Waals surface area contributed by atoms with Crippen LogP contribution in [0.4, 0.5) is 11.4 Å². The van der Waals surface area contributed by atoms with E-state index in [9.17, 15) is 14.4 Å². The third-order valence-electron chi connectivity index (χ3n) is 3.62. The summed E-state index contributed by atoms with van der Waals surface area (Å²) in [7, 11) is 0. The second-order valence-electron chi connectivity index (χ2n) is 5.59. The smallest absolute Gasteiger partial charge is 0.226 e. The van der Waals surface area contributed by atoms with Crippen molar-refractivity contribution in [3.05, 3.63) is 59.1 Å². The van der Waals surface area contributed by atoms with Crippen LogP contribution >= 0.6 is 11.6 Å². The first kappa shape index (κ1) is 18.7. The molecule has 5 nitrogen and oxygen atoms in total. The van der Waals surface area contributed by atoms with Crippen molar-refractivity contribution >= 4 is 40.6 Å². The van der Waals surface area contributed by atoms with Gasteiger partial charge in [-0.15, -0.1) is 0 Å². The summed E-state index contributed by atoms with van der Waals surface area (Å²) in [5, 5.41) is 3.27. The first-order chi connectivity index (χ1) is 11.9. The van der Waals surface area contributed by atoms with Crippen molar-refractivity contribution in [1.82, 2.24) is 0 Å². The van der Waals surface area contributed by atoms with Gasteiger partial charge in [0.2, 0.25) is 11.8 Å². The molecule has 0 saturated carbocycles. The summed E-state index contributed by atoms with van der Waals surface area (Å²) >= 11 is 5.89. The zero-order valence-corrected chi connectivity index (χ0v) is 14.8. The van der Waals surface area contributed by atoms with Crippen molar-refractivity contribution in [2.24, 2.45) is 0 Å². The van der Waals surface area contributed by atoms with E-state index in [0.29, 0.717) is 22.0 Å². The van der Waals surface area contributed by atoms with E-state index in [1.54, 1.807) is 48.5 Å². The molecular weight excluding hydrogens is 340 g/mol. The Morgan fingerprint density at radius 1 is 1.04 bits per heavy atom. The van der Waals surface area contributed by atoms with E-state index >= 15 is 0 Å². The van der Waals surface area contributed by atoms with Crippen LogP contribution in [0.5, 0.6) is 0 Å². The normalized spacial score (nSPS) is 10.2. The van der Waals surface area contributed by atoms with Gasteiger partial charge in [0.05, 0.1) is 0 Å². The molecular formula is C19H19ClN2O3. The summed E-state index contributed by atoms with van der Waals surface area (Å²) in [5.74, 6) is -0.503. The fourth-order valence-corrected chi connectivity index (χ4v) is 2.55. The highest BCUT2D eigenvalue weighted by Crippen LogP contribution is 2.18. The number of hydrogen-bond acceptors (Lipinski definition) is 3. The maximum atomic E-state index is 12.1. The number of anilines is 2. The van der Waals surface area contributed by atoms with E-state index in [-0.39, 0.29) is 30.6 Å². The van der Waals surface area contributed by atoms with Crippen molar-refractivity contribution < 1.29 is 14.4 Å². The standard InChI is InChI=1S/C19H19ClN2O3/c1-13(23)15-5-3-8-18(11-15)22(14(2)24)10-9-19(25)21-17-7-4-6-16(20)12-17/h3-8,11-12H,9-10H2,1-2H3,(H,21,25).